The highest BCUT2D eigenvalue weighted by atomic mass is 16.5. The maximum atomic E-state index is 13.2. The van der Waals surface area contributed by atoms with E-state index in [1.807, 2.05) is 39.0 Å². The van der Waals surface area contributed by atoms with E-state index in [0.29, 0.717) is 29.2 Å². The molecule has 6 heteroatoms. The Morgan fingerprint density at radius 1 is 1.03 bits per heavy atom. The standard InChI is InChI=1S/C26H24N2O4/c1-4-32-21-7-5-6-19(15-21)24(29)22-23(18-8-10-27-11-9-18)28(26(31)25(22)30)20-13-16(2)12-17(3)14-20/h5-15,23,29H,4H2,1-3H3/b24-22+. The van der Waals surface area contributed by atoms with Crippen LogP contribution in [0.15, 0.2) is 72.6 Å². The zero-order chi connectivity index (χ0) is 22.8. The van der Waals surface area contributed by atoms with Crippen LogP contribution in [-0.4, -0.2) is 28.4 Å². The molecule has 1 aliphatic heterocycles. The molecule has 1 amide bonds. The van der Waals surface area contributed by atoms with Crippen LogP contribution in [0, 0.1) is 13.8 Å². The Labute approximate surface area is 186 Å². The van der Waals surface area contributed by atoms with Gasteiger partial charge >= 0.3 is 0 Å². The fourth-order valence-corrected chi connectivity index (χ4v) is 4.11. The molecule has 1 aromatic heterocycles. The van der Waals surface area contributed by atoms with Crippen molar-refractivity contribution in [2.75, 3.05) is 11.5 Å². The normalized spacial score (nSPS) is 17.6. The van der Waals surface area contributed by atoms with Crippen LogP contribution >= 0.6 is 0 Å². The zero-order valence-electron chi connectivity index (χ0n) is 18.2. The zero-order valence-corrected chi connectivity index (χ0v) is 18.2. The molecule has 6 nitrogen and oxygen atoms in total. The smallest absolute Gasteiger partial charge is 0.300 e. The Bertz CT molecular complexity index is 1200. The Morgan fingerprint density at radius 2 is 1.72 bits per heavy atom. The summed E-state index contributed by atoms with van der Waals surface area (Å²) in [7, 11) is 0. The lowest BCUT2D eigenvalue weighted by atomic mass is 9.95. The molecule has 1 aliphatic rings. The second-order valence-electron chi connectivity index (χ2n) is 7.76. The van der Waals surface area contributed by atoms with E-state index in [1.54, 1.807) is 48.8 Å². The molecule has 0 bridgehead atoms. The number of anilines is 1. The molecule has 4 rings (SSSR count). The number of aryl methyl sites for hydroxylation is 2. The third-order valence-electron chi connectivity index (χ3n) is 5.37. The number of hydrogen-bond donors (Lipinski definition) is 1. The third-order valence-corrected chi connectivity index (χ3v) is 5.37. The minimum atomic E-state index is -0.782. The third kappa shape index (κ3) is 3.87. The quantitative estimate of drug-likeness (QED) is 0.361. The summed E-state index contributed by atoms with van der Waals surface area (Å²) in [4.78, 5) is 31.9. The highest BCUT2D eigenvalue weighted by molar-refractivity contribution is 6.51. The number of carbonyl (C=O) groups is 2. The fourth-order valence-electron chi connectivity index (χ4n) is 4.11. The van der Waals surface area contributed by atoms with Gasteiger partial charge in [-0.3, -0.25) is 19.5 Å². The molecule has 1 saturated heterocycles. The predicted octanol–water partition coefficient (Wildman–Crippen LogP) is 4.72. The van der Waals surface area contributed by atoms with Crippen molar-refractivity contribution < 1.29 is 19.4 Å². The van der Waals surface area contributed by atoms with Gasteiger partial charge < -0.3 is 9.84 Å². The summed E-state index contributed by atoms with van der Waals surface area (Å²) in [5.41, 5.74) is 3.68. The van der Waals surface area contributed by atoms with Crippen molar-refractivity contribution in [1.82, 2.24) is 4.98 Å². The van der Waals surface area contributed by atoms with Crippen LogP contribution in [0.2, 0.25) is 0 Å². The molecular weight excluding hydrogens is 404 g/mol. The number of carbonyl (C=O) groups excluding carboxylic acids is 2. The maximum absolute atomic E-state index is 13.2. The number of aliphatic hydroxyl groups is 1. The summed E-state index contributed by atoms with van der Waals surface area (Å²) in [6.45, 7) is 6.21. The van der Waals surface area contributed by atoms with Crippen LogP contribution in [0.25, 0.3) is 5.76 Å². The van der Waals surface area contributed by atoms with Crippen LogP contribution in [0.5, 0.6) is 5.75 Å². The van der Waals surface area contributed by atoms with Crippen molar-refractivity contribution in [1.29, 1.82) is 0 Å². The van der Waals surface area contributed by atoms with Gasteiger partial charge in [0.05, 0.1) is 18.2 Å². The second-order valence-corrected chi connectivity index (χ2v) is 7.76. The number of Topliss-reactive ketones (excluding diaryl/α,β-unsaturated/α-hetero) is 1. The van der Waals surface area contributed by atoms with Crippen LogP contribution in [0.4, 0.5) is 5.69 Å². The highest BCUT2D eigenvalue weighted by Gasteiger charge is 2.47. The van der Waals surface area contributed by atoms with E-state index in [-0.39, 0.29) is 11.3 Å². The first-order valence-corrected chi connectivity index (χ1v) is 10.4. The minimum absolute atomic E-state index is 0.0361. The fraction of sp³-hybridized carbons (Fsp3) is 0.192. The van der Waals surface area contributed by atoms with Gasteiger partial charge in [0.25, 0.3) is 11.7 Å². The molecule has 1 N–H and O–H groups in total. The van der Waals surface area contributed by atoms with E-state index in [1.165, 1.54) is 4.90 Å². The number of hydrogen-bond acceptors (Lipinski definition) is 5. The Balaban J connectivity index is 1.93. The topological polar surface area (TPSA) is 79.7 Å². The lowest BCUT2D eigenvalue weighted by Crippen LogP contribution is -2.29. The van der Waals surface area contributed by atoms with Crippen molar-refractivity contribution in [2.45, 2.75) is 26.8 Å². The predicted molar refractivity (Wildman–Crippen MR) is 123 cm³/mol. The molecule has 3 aromatic rings. The van der Waals surface area contributed by atoms with Gasteiger partial charge in [-0.05, 0) is 73.9 Å². The molecular formula is C26H24N2O4. The van der Waals surface area contributed by atoms with Gasteiger partial charge in [0.2, 0.25) is 0 Å². The Morgan fingerprint density at radius 3 is 2.38 bits per heavy atom. The largest absolute Gasteiger partial charge is 0.507 e. The second kappa shape index (κ2) is 8.67. The van der Waals surface area contributed by atoms with Crippen molar-refractivity contribution >= 4 is 23.1 Å². The summed E-state index contributed by atoms with van der Waals surface area (Å²) in [6, 6.07) is 15.3. The van der Waals surface area contributed by atoms with Crippen molar-refractivity contribution in [2.24, 2.45) is 0 Å². The van der Waals surface area contributed by atoms with Crippen molar-refractivity contribution in [3.8, 4) is 5.75 Å². The summed E-state index contributed by atoms with van der Waals surface area (Å²) in [5, 5.41) is 11.2. The monoisotopic (exact) mass is 428 g/mol. The van der Waals surface area contributed by atoms with Crippen LogP contribution in [0.3, 0.4) is 0 Å². The molecule has 0 spiro atoms. The van der Waals surface area contributed by atoms with Crippen molar-refractivity contribution in [3.05, 3.63) is 94.8 Å². The average molecular weight is 428 g/mol. The van der Waals surface area contributed by atoms with E-state index in [4.69, 9.17) is 4.74 Å². The number of ketones is 1. The van der Waals surface area contributed by atoms with E-state index < -0.39 is 17.7 Å². The SMILES string of the molecule is CCOc1cccc(/C(O)=C2\C(=O)C(=O)N(c3cc(C)cc(C)c3)C2c2ccncc2)c1. The van der Waals surface area contributed by atoms with Gasteiger partial charge in [0, 0.05) is 23.6 Å². The molecule has 0 radical (unpaired) electrons. The lowest BCUT2D eigenvalue weighted by Gasteiger charge is -2.26. The number of aliphatic hydroxyl groups excluding tert-OH is 1. The van der Waals surface area contributed by atoms with Gasteiger partial charge in [-0.1, -0.05) is 18.2 Å². The molecule has 2 heterocycles. The Hall–Kier alpha value is -3.93. The molecule has 1 unspecified atom stereocenters. The molecule has 1 atom stereocenters. The molecule has 2 aromatic carbocycles. The first kappa shape index (κ1) is 21.3. The van der Waals surface area contributed by atoms with Gasteiger partial charge in [-0.2, -0.15) is 0 Å². The van der Waals surface area contributed by atoms with E-state index in [0.717, 1.165) is 11.1 Å². The number of aromatic nitrogens is 1. The van der Waals surface area contributed by atoms with Gasteiger partial charge in [-0.15, -0.1) is 0 Å². The molecule has 162 valence electrons. The van der Waals surface area contributed by atoms with Crippen molar-refractivity contribution in [3.63, 3.8) is 0 Å². The highest BCUT2D eigenvalue weighted by Crippen LogP contribution is 2.42. The number of rotatable bonds is 5. The van der Waals surface area contributed by atoms with Crippen LogP contribution in [0.1, 0.15) is 35.2 Å². The van der Waals surface area contributed by atoms with Crippen LogP contribution in [-0.2, 0) is 9.59 Å². The summed E-state index contributed by atoms with van der Waals surface area (Å²) < 4.78 is 5.53. The lowest BCUT2D eigenvalue weighted by molar-refractivity contribution is -0.132. The molecule has 0 aliphatic carbocycles. The summed E-state index contributed by atoms with van der Waals surface area (Å²) >= 11 is 0. The first-order chi connectivity index (χ1) is 15.4. The summed E-state index contributed by atoms with van der Waals surface area (Å²) in [5.74, 6) is -1.08. The number of nitrogens with zero attached hydrogens (tertiary/aromatic N) is 2. The maximum Gasteiger partial charge on any atom is 0.300 e. The molecule has 0 saturated carbocycles. The van der Waals surface area contributed by atoms with Gasteiger partial charge in [0.1, 0.15) is 11.5 Å². The molecule has 1 fully saturated rings. The molecule has 32 heavy (non-hydrogen) atoms. The van der Waals surface area contributed by atoms with E-state index in [9.17, 15) is 14.7 Å². The van der Waals surface area contributed by atoms with Crippen LogP contribution < -0.4 is 9.64 Å². The van der Waals surface area contributed by atoms with Gasteiger partial charge in [-0.25, -0.2) is 0 Å². The Kier molecular flexibility index (Phi) is 5.77. The number of ether oxygens (including phenoxy) is 1. The first-order valence-electron chi connectivity index (χ1n) is 10.4. The number of amides is 1. The number of benzene rings is 2. The minimum Gasteiger partial charge on any atom is -0.507 e. The van der Waals surface area contributed by atoms with E-state index >= 15 is 0 Å². The summed E-state index contributed by atoms with van der Waals surface area (Å²) in [6.07, 6.45) is 3.21. The van der Waals surface area contributed by atoms with Gasteiger partial charge in [0.15, 0.2) is 0 Å². The van der Waals surface area contributed by atoms with E-state index in [2.05, 4.69) is 4.98 Å². The number of pyridine rings is 1. The average Bonchev–Trinajstić information content (AvgIpc) is 3.04.